The third kappa shape index (κ3) is 5.35. The van der Waals surface area contributed by atoms with Crippen molar-refractivity contribution in [3.8, 4) is 0 Å². The number of hydrogen-bond acceptors (Lipinski definition) is 4. The van der Waals surface area contributed by atoms with Gasteiger partial charge in [-0.05, 0) is 32.2 Å². The monoisotopic (exact) mass is 276 g/mol. The highest BCUT2D eigenvalue weighted by Crippen LogP contribution is 2.12. The van der Waals surface area contributed by atoms with Crippen LogP contribution < -0.4 is 5.32 Å². The Hall–Kier alpha value is -0.620. The van der Waals surface area contributed by atoms with Crippen molar-refractivity contribution in [2.24, 2.45) is 0 Å². The third-order valence-corrected chi connectivity index (χ3v) is 4.14. The summed E-state index contributed by atoms with van der Waals surface area (Å²) in [5, 5.41) is 3.25. The van der Waals surface area contributed by atoms with Gasteiger partial charge in [0.2, 0.25) is 5.91 Å². The Kier molecular flexibility index (Phi) is 6.08. The summed E-state index contributed by atoms with van der Waals surface area (Å²) < 4.78 is 22.1. The number of hydrogen-bond donors (Lipinski definition) is 1. The van der Waals surface area contributed by atoms with Crippen molar-refractivity contribution < 1.29 is 13.2 Å². The molecule has 0 aromatic carbocycles. The molecular weight excluding hydrogens is 252 g/mol. The van der Waals surface area contributed by atoms with Crippen LogP contribution in [0.15, 0.2) is 0 Å². The average Bonchev–Trinajstić information content (AvgIpc) is 2.28. The molecule has 1 aliphatic heterocycles. The van der Waals surface area contributed by atoms with Crippen LogP contribution in [0, 0.1) is 0 Å². The summed E-state index contributed by atoms with van der Waals surface area (Å²) in [7, 11) is -2.92. The number of amides is 1. The topological polar surface area (TPSA) is 66.5 Å². The smallest absolute Gasteiger partial charge is 0.239 e. The molecule has 1 aliphatic rings. The van der Waals surface area contributed by atoms with Crippen LogP contribution in [0.4, 0.5) is 0 Å². The maximum atomic E-state index is 12.1. The number of carbonyl (C=O) groups excluding carboxylic acids is 1. The highest BCUT2D eigenvalue weighted by molar-refractivity contribution is 7.90. The summed E-state index contributed by atoms with van der Waals surface area (Å²) in [5.74, 6) is 0.285. The number of nitrogens with zero attached hydrogens (tertiary/aromatic N) is 1. The van der Waals surface area contributed by atoms with Gasteiger partial charge in [-0.2, -0.15) is 0 Å². The van der Waals surface area contributed by atoms with E-state index in [0.29, 0.717) is 13.0 Å². The molecular formula is C12H24N2O3S. The standard InChI is InChI=1S/C12H24N2O3S/c1-3-7-13-11-6-4-8-14(12(11)15)9-5-10-18(2,16)17/h11,13H,3-10H2,1-2H3. The fourth-order valence-corrected chi connectivity index (χ4v) is 2.84. The van der Waals surface area contributed by atoms with Crippen molar-refractivity contribution in [2.75, 3.05) is 31.6 Å². The number of rotatable bonds is 7. The molecule has 1 unspecified atom stereocenters. The fraction of sp³-hybridized carbons (Fsp3) is 0.917. The first-order valence-corrected chi connectivity index (χ1v) is 8.70. The maximum absolute atomic E-state index is 12.1. The normalized spacial score (nSPS) is 21.3. The zero-order valence-electron chi connectivity index (χ0n) is 11.3. The molecule has 1 atom stereocenters. The van der Waals surface area contributed by atoms with Crippen molar-refractivity contribution in [1.82, 2.24) is 10.2 Å². The van der Waals surface area contributed by atoms with E-state index in [4.69, 9.17) is 0 Å². The summed E-state index contributed by atoms with van der Waals surface area (Å²) in [6, 6.07) is -0.0723. The molecule has 1 amide bonds. The summed E-state index contributed by atoms with van der Waals surface area (Å²) in [5.41, 5.74) is 0. The van der Waals surface area contributed by atoms with Gasteiger partial charge in [0.05, 0.1) is 11.8 Å². The molecule has 0 aromatic rings. The van der Waals surface area contributed by atoms with Crippen LogP contribution >= 0.6 is 0 Å². The average molecular weight is 276 g/mol. The van der Waals surface area contributed by atoms with Gasteiger partial charge in [-0.15, -0.1) is 0 Å². The Balaban J connectivity index is 2.38. The lowest BCUT2D eigenvalue weighted by Gasteiger charge is -2.32. The van der Waals surface area contributed by atoms with Crippen molar-refractivity contribution in [3.63, 3.8) is 0 Å². The lowest BCUT2D eigenvalue weighted by molar-refractivity contribution is -0.135. The van der Waals surface area contributed by atoms with Crippen molar-refractivity contribution >= 4 is 15.7 Å². The van der Waals surface area contributed by atoms with E-state index < -0.39 is 9.84 Å². The zero-order chi connectivity index (χ0) is 13.6. The minimum absolute atomic E-state index is 0.0723. The second-order valence-corrected chi connectivity index (χ2v) is 7.22. The second-order valence-electron chi connectivity index (χ2n) is 4.96. The molecule has 0 spiro atoms. The van der Waals surface area contributed by atoms with Gasteiger partial charge in [0.15, 0.2) is 0 Å². The Bertz CT molecular complexity index is 368. The summed E-state index contributed by atoms with van der Waals surface area (Å²) >= 11 is 0. The fourth-order valence-electron chi connectivity index (χ4n) is 2.19. The lowest BCUT2D eigenvalue weighted by Crippen LogP contribution is -2.51. The SMILES string of the molecule is CCCNC1CCCN(CCCS(C)(=O)=O)C1=O. The van der Waals surface area contributed by atoms with Gasteiger partial charge < -0.3 is 10.2 Å². The quantitative estimate of drug-likeness (QED) is 0.731. The zero-order valence-corrected chi connectivity index (χ0v) is 12.1. The van der Waals surface area contributed by atoms with Gasteiger partial charge in [0, 0.05) is 19.3 Å². The molecule has 1 fully saturated rings. The molecule has 0 saturated carbocycles. The number of piperidine rings is 1. The Morgan fingerprint density at radius 3 is 2.78 bits per heavy atom. The van der Waals surface area contributed by atoms with Crippen LogP contribution in [-0.2, 0) is 14.6 Å². The van der Waals surface area contributed by atoms with Crippen LogP contribution in [0.5, 0.6) is 0 Å². The predicted octanol–water partition coefficient (Wildman–Crippen LogP) is 0.412. The molecule has 106 valence electrons. The molecule has 6 heteroatoms. The van der Waals surface area contributed by atoms with Crippen molar-refractivity contribution in [3.05, 3.63) is 0 Å². The molecule has 5 nitrogen and oxygen atoms in total. The number of nitrogens with one attached hydrogen (secondary N) is 1. The number of sulfone groups is 1. The van der Waals surface area contributed by atoms with Crippen LogP contribution in [0.3, 0.4) is 0 Å². The van der Waals surface area contributed by atoms with Crippen LogP contribution in [0.1, 0.15) is 32.6 Å². The predicted molar refractivity (Wildman–Crippen MR) is 72.2 cm³/mol. The van der Waals surface area contributed by atoms with E-state index in [1.807, 2.05) is 0 Å². The summed E-state index contributed by atoms with van der Waals surface area (Å²) in [6.07, 6.45) is 4.66. The van der Waals surface area contributed by atoms with E-state index >= 15 is 0 Å². The van der Waals surface area contributed by atoms with E-state index in [1.165, 1.54) is 6.26 Å². The molecule has 1 N–H and O–H groups in total. The minimum Gasteiger partial charge on any atom is -0.341 e. The molecule has 0 aliphatic carbocycles. The second kappa shape index (κ2) is 7.09. The van der Waals surface area contributed by atoms with E-state index in [1.54, 1.807) is 4.90 Å². The van der Waals surface area contributed by atoms with E-state index in [-0.39, 0.29) is 17.7 Å². The van der Waals surface area contributed by atoms with E-state index in [2.05, 4.69) is 12.2 Å². The highest BCUT2D eigenvalue weighted by Gasteiger charge is 2.27. The van der Waals surface area contributed by atoms with Crippen LogP contribution in [0.25, 0.3) is 0 Å². The first-order chi connectivity index (χ1) is 8.44. The Labute approximate surface area is 110 Å². The van der Waals surface area contributed by atoms with Gasteiger partial charge in [-0.1, -0.05) is 6.92 Å². The molecule has 0 aromatic heterocycles. The Morgan fingerprint density at radius 2 is 2.17 bits per heavy atom. The van der Waals surface area contributed by atoms with Gasteiger partial charge >= 0.3 is 0 Å². The molecule has 1 rings (SSSR count). The number of carbonyl (C=O) groups is 1. The molecule has 0 bridgehead atoms. The molecule has 0 radical (unpaired) electrons. The third-order valence-electron chi connectivity index (χ3n) is 3.11. The van der Waals surface area contributed by atoms with Gasteiger partial charge in [0.1, 0.15) is 9.84 Å². The Morgan fingerprint density at radius 1 is 1.44 bits per heavy atom. The minimum atomic E-state index is -2.92. The van der Waals surface area contributed by atoms with E-state index in [0.717, 1.165) is 32.4 Å². The van der Waals surface area contributed by atoms with Crippen LogP contribution in [-0.4, -0.2) is 56.9 Å². The first kappa shape index (κ1) is 15.4. The first-order valence-electron chi connectivity index (χ1n) is 6.64. The largest absolute Gasteiger partial charge is 0.341 e. The van der Waals surface area contributed by atoms with Gasteiger partial charge in [0.25, 0.3) is 0 Å². The summed E-state index contributed by atoms with van der Waals surface area (Å²) in [4.78, 5) is 13.9. The maximum Gasteiger partial charge on any atom is 0.239 e. The molecule has 1 saturated heterocycles. The molecule has 18 heavy (non-hydrogen) atoms. The summed E-state index contributed by atoms with van der Waals surface area (Å²) in [6.45, 7) is 4.24. The lowest BCUT2D eigenvalue weighted by atomic mass is 10.0. The molecule has 1 heterocycles. The van der Waals surface area contributed by atoms with Crippen LogP contribution in [0.2, 0.25) is 0 Å². The van der Waals surface area contributed by atoms with Crippen molar-refractivity contribution in [2.45, 2.75) is 38.6 Å². The van der Waals surface area contributed by atoms with E-state index in [9.17, 15) is 13.2 Å². The van der Waals surface area contributed by atoms with Gasteiger partial charge in [-0.25, -0.2) is 8.42 Å². The highest BCUT2D eigenvalue weighted by atomic mass is 32.2. The van der Waals surface area contributed by atoms with Gasteiger partial charge in [-0.3, -0.25) is 4.79 Å². The number of likely N-dealkylation sites (tertiary alicyclic amines) is 1. The van der Waals surface area contributed by atoms with Crippen molar-refractivity contribution in [1.29, 1.82) is 0 Å².